The third kappa shape index (κ3) is 11.4. The first-order valence-electron chi connectivity index (χ1n) is 5.66. The molecular formula is C11H24N2O3. The molecular weight excluding hydrogens is 208 g/mol. The molecule has 3 N–H and O–H groups in total. The van der Waals surface area contributed by atoms with Crippen molar-refractivity contribution in [3.63, 3.8) is 0 Å². The molecule has 0 saturated heterocycles. The first-order valence-corrected chi connectivity index (χ1v) is 5.66. The molecule has 0 fully saturated rings. The van der Waals surface area contributed by atoms with Crippen LogP contribution < -0.4 is 10.6 Å². The molecule has 0 aliphatic heterocycles. The van der Waals surface area contributed by atoms with Gasteiger partial charge in [0.1, 0.15) is 0 Å². The summed E-state index contributed by atoms with van der Waals surface area (Å²) in [6.07, 6.45) is 0.836. The van der Waals surface area contributed by atoms with E-state index < -0.39 is 0 Å². The Bertz CT molecular complexity index is 190. The van der Waals surface area contributed by atoms with Crippen LogP contribution in [0.1, 0.15) is 27.2 Å². The summed E-state index contributed by atoms with van der Waals surface area (Å²) in [5.74, 6) is 0.00350. The van der Waals surface area contributed by atoms with E-state index in [9.17, 15) is 4.79 Å². The highest BCUT2D eigenvalue weighted by Gasteiger charge is 2.12. The summed E-state index contributed by atoms with van der Waals surface area (Å²) in [7, 11) is 0. The Morgan fingerprint density at radius 3 is 2.56 bits per heavy atom. The molecule has 0 unspecified atom stereocenters. The summed E-state index contributed by atoms with van der Waals surface area (Å²) in [6, 6.07) is 0. The van der Waals surface area contributed by atoms with Gasteiger partial charge in [0.25, 0.3) is 0 Å². The zero-order chi connectivity index (χ0) is 12.4. The summed E-state index contributed by atoms with van der Waals surface area (Å²) in [5.41, 5.74) is -0.178. The van der Waals surface area contributed by atoms with Gasteiger partial charge in [-0.1, -0.05) is 0 Å². The van der Waals surface area contributed by atoms with Gasteiger partial charge in [-0.25, -0.2) is 0 Å². The highest BCUT2D eigenvalue weighted by atomic mass is 16.5. The van der Waals surface area contributed by atoms with Gasteiger partial charge in [-0.3, -0.25) is 4.79 Å². The van der Waals surface area contributed by atoms with E-state index in [2.05, 4.69) is 10.6 Å². The Balaban J connectivity index is 3.28. The van der Waals surface area contributed by atoms with Crippen LogP contribution in [0.3, 0.4) is 0 Å². The van der Waals surface area contributed by atoms with Crippen molar-refractivity contribution in [2.75, 3.05) is 32.9 Å². The van der Waals surface area contributed by atoms with Crippen molar-refractivity contribution < 1.29 is 14.6 Å². The van der Waals surface area contributed by atoms with E-state index in [4.69, 9.17) is 9.84 Å². The van der Waals surface area contributed by atoms with Gasteiger partial charge in [0, 0.05) is 12.1 Å². The van der Waals surface area contributed by atoms with E-state index in [1.54, 1.807) is 0 Å². The van der Waals surface area contributed by atoms with Crippen LogP contribution in [0.4, 0.5) is 0 Å². The molecule has 0 aliphatic carbocycles. The number of rotatable bonds is 8. The number of hydrogen-bond acceptors (Lipinski definition) is 4. The number of aliphatic hydroxyl groups is 1. The Kier molecular flexibility index (Phi) is 8.15. The molecule has 5 heteroatoms. The van der Waals surface area contributed by atoms with Crippen LogP contribution in [0.2, 0.25) is 0 Å². The number of nitrogens with one attached hydrogen (secondary N) is 2. The van der Waals surface area contributed by atoms with Gasteiger partial charge in [0.2, 0.25) is 5.91 Å². The average Bonchev–Trinajstić information content (AvgIpc) is 2.13. The summed E-state index contributed by atoms with van der Waals surface area (Å²) < 4.78 is 5.08. The SMILES string of the molecule is CC(C)(C)NC(=O)CNCCCOCCO. The third-order valence-corrected chi connectivity index (χ3v) is 1.68. The van der Waals surface area contributed by atoms with Crippen molar-refractivity contribution in [2.45, 2.75) is 32.7 Å². The first kappa shape index (κ1) is 15.3. The van der Waals surface area contributed by atoms with Crippen molar-refractivity contribution in [1.29, 1.82) is 0 Å². The monoisotopic (exact) mass is 232 g/mol. The predicted molar refractivity (Wildman–Crippen MR) is 63.3 cm³/mol. The highest BCUT2D eigenvalue weighted by molar-refractivity contribution is 5.78. The van der Waals surface area contributed by atoms with Crippen molar-refractivity contribution >= 4 is 5.91 Å². The standard InChI is InChI=1S/C11H24N2O3/c1-11(2,3)13-10(15)9-12-5-4-7-16-8-6-14/h12,14H,4-9H2,1-3H3,(H,13,15). The van der Waals surface area contributed by atoms with E-state index in [1.807, 2.05) is 20.8 Å². The normalized spacial score (nSPS) is 11.5. The Hall–Kier alpha value is -0.650. The lowest BCUT2D eigenvalue weighted by Crippen LogP contribution is -2.45. The molecule has 0 aliphatic rings. The quantitative estimate of drug-likeness (QED) is 0.511. The van der Waals surface area contributed by atoms with Gasteiger partial charge >= 0.3 is 0 Å². The second-order valence-electron chi connectivity index (χ2n) is 4.66. The number of carbonyl (C=O) groups is 1. The summed E-state index contributed by atoms with van der Waals surface area (Å²) in [5, 5.41) is 14.4. The number of amides is 1. The molecule has 0 aromatic heterocycles. The molecule has 0 aromatic rings. The molecule has 96 valence electrons. The maximum atomic E-state index is 11.4. The first-order chi connectivity index (χ1) is 7.45. The number of aliphatic hydroxyl groups excluding tert-OH is 1. The molecule has 0 heterocycles. The topological polar surface area (TPSA) is 70.6 Å². The molecule has 0 atom stereocenters. The fraction of sp³-hybridized carbons (Fsp3) is 0.909. The van der Waals surface area contributed by atoms with Crippen LogP contribution in [-0.2, 0) is 9.53 Å². The van der Waals surface area contributed by atoms with Crippen LogP contribution in [0.25, 0.3) is 0 Å². The number of hydrogen-bond donors (Lipinski definition) is 3. The van der Waals surface area contributed by atoms with Crippen LogP contribution in [-0.4, -0.2) is 49.5 Å². The molecule has 0 aromatic carbocycles. The van der Waals surface area contributed by atoms with Gasteiger partial charge < -0.3 is 20.5 Å². The van der Waals surface area contributed by atoms with E-state index >= 15 is 0 Å². The molecule has 16 heavy (non-hydrogen) atoms. The molecule has 0 spiro atoms. The Labute approximate surface area is 97.6 Å². The lowest BCUT2D eigenvalue weighted by Gasteiger charge is -2.20. The molecule has 0 saturated carbocycles. The minimum Gasteiger partial charge on any atom is -0.394 e. The smallest absolute Gasteiger partial charge is 0.234 e. The Morgan fingerprint density at radius 2 is 2.00 bits per heavy atom. The molecule has 0 radical (unpaired) electrons. The van der Waals surface area contributed by atoms with Gasteiger partial charge in [0.15, 0.2) is 0 Å². The van der Waals surface area contributed by atoms with E-state index in [0.717, 1.165) is 13.0 Å². The van der Waals surface area contributed by atoms with Gasteiger partial charge in [-0.2, -0.15) is 0 Å². The minimum atomic E-state index is -0.178. The lowest BCUT2D eigenvalue weighted by molar-refractivity contribution is -0.121. The number of ether oxygens (including phenoxy) is 1. The minimum absolute atomic E-state index is 0.00350. The van der Waals surface area contributed by atoms with Crippen molar-refractivity contribution in [1.82, 2.24) is 10.6 Å². The molecule has 1 amide bonds. The van der Waals surface area contributed by atoms with Gasteiger partial charge in [-0.05, 0) is 33.7 Å². The van der Waals surface area contributed by atoms with Crippen LogP contribution in [0.5, 0.6) is 0 Å². The van der Waals surface area contributed by atoms with E-state index in [0.29, 0.717) is 19.8 Å². The van der Waals surface area contributed by atoms with Crippen LogP contribution in [0, 0.1) is 0 Å². The largest absolute Gasteiger partial charge is 0.394 e. The fourth-order valence-corrected chi connectivity index (χ4v) is 1.13. The van der Waals surface area contributed by atoms with Crippen molar-refractivity contribution in [3.05, 3.63) is 0 Å². The highest BCUT2D eigenvalue weighted by Crippen LogP contribution is 1.96. The maximum Gasteiger partial charge on any atom is 0.234 e. The predicted octanol–water partition coefficient (Wildman–Crippen LogP) is -0.110. The summed E-state index contributed by atoms with van der Waals surface area (Å²) in [6.45, 7) is 7.97. The van der Waals surface area contributed by atoms with E-state index in [1.165, 1.54) is 0 Å². The van der Waals surface area contributed by atoms with Crippen LogP contribution >= 0.6 is 0 Å². The molecule has 5 nitrogen and oxygen atoms in total. The van der Waals surface area contributed by atoms with Gasteiger partial charge in [0.05, 0.1) is 19.8 Å². The fourth-order valence-electron chi connectivity index (χ4n) is 1.13. The third-order valence-electron chi connectivity index (χ3n) is 1.68. The van der Waals surface area contributed by atoms with Crippen LogP contribution in [0.15, 0.2) is 0 Å². The maximum absolute atomic E-state index is 11.4. The average molecular weight is 232 g/mol. The van der Waals surface area contributed by atoms with Gasteiger partial charge in [-0.15, -0.1) is 0 Å². The lowest BCUT2D eigenvalue weighted by atomic mass is 10.1. The Morgan fingerprint density at radius 1 is 1.31 bits per heavy atom. The molecule has 0 bridgehead atoms. The second-order valence-corrected chi connectivity index (χ2v) is 4.66. The van der Waals surface area contributed by atoms with E-state index in [-0.39, 0.29) is 18.1 Å². The second kappa shape index (κ2) is 8.50. The van der Waals surface area contributed by atoms with Crippen molar-refractivity contribution in [3.8, 4) is 0 Å². The number of carbonyl (C=O) groups excluding carboxylic acids is 1. The zero-order valence-electron chi connectivity index (χ0n) is 10.5. The van der Waals surface area contributed by atoms with Crippen molar-refractivity contribution in [2.24, 2.45) is 0 Å². The molecule has 0 rings (SSSR count). The summed E-state index contributed by atoms with van der Waals surface area (Å²) in [4.78, 5) is 11.4. The summed E-state index contributed by atoms with van der Waals surface area (Å²) >= 11 is 0. The zero-order valence-corrected chi connectivity index (χ0v) is 10.5.